The number of esters is 2. The van der Waals surface area contributed by atoms with E-state index in [1.165, 1.54) is 31.5 Å². The van der Waals surface area contributed by atoms with Crippen molar-refractivity contribution in [3.8, 4) is 17.0 Å². The monoisotopic (exact) mass is 635 g/mol. The van der Waals surface area contributed by atoms with E-state index in [0.29, 0.717) is 49.7 Å². The minimum Gasteiger partial charge on any atom is -0.493 e. The van der Waals surface area contributed by atoms with E-state index in [-0.39, 0.29) is 52.9 Å². The summed E-state index contributed by atoms with van der Waals surface area (Å²) in [5.74, 6) is -1.34. The Morgan fingerprint density at radius 3 is 2.45 bits per heavy atom. The molecule has 1 aliphatic heterocycles. The summed E-state index contributed by atoms with van der Waals surface area (Å²) in [6.45, 7) is 6.12. The van der Waals surface area contributed by atoms with Crippen molar-refractivity contribution < 1.29 is 41.8 Å². The van der Waals surface area contributed by atoms with E-state index in [1.54, 1.807) is 13.8 Å². The van der Waals surface area contributed by atoms with Crippen molar-refractivity contribution in [3.63, 3.8) is 0 Å². The molecule has 1 amide bonds. The van der Waals surface area contributed by atoms with Gasteiger partial charge in [-0.2, -0.15) is 13.2 Å². The highest BCUT2D eigenvalue weighted by molar-refractivity contribution is 7.16. The molecule has 1 saturated heterocycles. The lowest BCUT2D eigenvalue weighted by atomic mass is 9.97. The summed E-state index contributed by atoms with van der Waals surface area (Å²) < 4.78 is 57.1. The number of halogens is 3. The zero-order chi connectivity index (χ0) is 31.9. The number of carbonyl (C=O) groups is 3. The second kappa shape index (κ2) is 14.5. The Morgan fingerprint density at radius 1 is 1.09 bits per heavy atom. The Morgan fingerprint density at radius 2 is 1.84 bits per heavy atom. The molecule has 0 spiro atoms. The number of rotatable bonds is 11. The van der Waals surface area contributed by atoms with E-state index >= 15 is 0 Å². The third-order valence-corrected chi connectivity index (χ3v) is 7.60. The van der Waals surface area contributed by atoms with Crippen LogP contribution < -0.4 is 15.0 Å². The van der Waals surface area contributed by atoms with Crippen molar-refractivity contribution in [2.45, 2.75) is 52.8 Å². The largest absolute Gasteiger partial charge is 0.493 e. The van der Waals surface area contributed by atoms with E-state index in [1.807, 2.05) is 4.90 Å². The van der Waals surface area contributed by atoms with Gasteiger partial charge in [-0.1, -0.05) is 18.3 Å². The summed E-state index contributed by atoms with van der Waals surface area (Å²) >= 11 is 0.956. The standard InChI is InChI=1S/C29H32F3N5O6S/c1-4-12-42-22-7-6-19(13-20(22)29(30,31)32)25-23(16-43-17(3)38)44-28(35-25)36-26(39)21-14-34-24(15-33-21)37-10-8-18(9-11-37)27(40)41-5-2/h6-7,13-15,18H,4-5,8-12,16H2,1-3H3,(H,35,36,39). The number of amides is 1. The van der Waals surface area contributed by atoms with E-state index < -0.39 is 23.6 Å². The number of thiazole rings is 1. The van der Waals surface area contributed by atoms with Crippen LogP contribution in [-0.2, 0) is 31.8 Å². The van der Waals surface area contributed by atoms with Gasteiger partial charge in [-0.3, -0.25) is 19.7 Å². The third kappa shape index (κ3) is 8.21. The second-order valence-corrected chi connectivity index (χ2v) is 10.9. The molecule has 0 saturated carbocycles. The van der Waals surface area contributed by atoms with E-state index in [4.69, 9.17) is 14.2 Å². The summed E-state index contributed by atoms with van der Waals surface area (Å²) in [5.41, 5.74) is -0.756. The van der Waals surface area contributed by atoms with Gasteiger partial charge in [0, 0.05) is 25.6 Å². The van der Waals surface area contributed by atoms with Gasteiger partial charge in [0.25, 0.3) is 5.91 Å². The maximum Gasteiger partial charge on any atom is 0.419 e. The van der Waals surface area contributed by atoms with Crippen LogP contribution in [0, 0.1) is 5.92 Å². The molecule has 1 N–H and O–H groups in total. The van der Waals surface area contributed by atoms with Gasteiger partial charge >= 0.3 is 18.1 Å². The Kier molecular flexibility index (Phi) is 10.7. The lowest BCUT2D eigenvalue weighted by Gasteiger charge is -2.31. The van der Waals surface area contributed by atoms with Crippen LogP contribution >= 0.6 is 11.3 Å². The average molecular weight is 636 g/mol. The number of nitrogens with one attached hydrogen (secondary N) is 1. The van der Waals surface area contributed by atoms with Crippen LogP contribution in [0.4, 0.5) is 24.1 Å². The van der Waals surface area contributed by atoms with Crippen molar-refractivity contribution in [2.24, 2.45) is 5.92 Å². The number of benzene rings is 1. The Bertz CT molecular complexity index is 1470. The number of piperidine rings is 1. The van der Waals surface area contributed by atoms with Gasteiger partial charge in [0.05, 0.1) is 47.7 Å². The fourth-order valence-corrected chi connectivity index (χ4v) is 5.39. The molecule has 15 heteroatoms. The van der Waals surface area contributed by atoms with Gasteiger partial charge in [-0.05, 0) is 44.4 Å². The SMILES string of the molecule is CCCOc1ccc(-c2nc(NC(=O)c3cnc(N4CCC(C(=O)OCC)CC4)cn3)sc2COC(C)=O)cc1C(F)(F)F. The van der Waals surface area contributed by atoms with Crippen molar-refractivity contribution >= 4 is 40.1 Å². The Labute approximate surface area is 255 Å². The molecular formula is C29H32F3N5O6S. The number of hydrogen-bond donors (Lipinski definition) is 1. The zero-order valence-corrected chi connectivity index (χ0v) is 25.2. The number of hydrogen-bond acceptors (Lipinski definition) is 11. The lowest BCUT2D eigenvalue weighted by Crippen LogP contribution is -2.37. The molecule has 11 nitrogen and oxygen atoms in total. The highest BCUT2D eigenvalue weighted by Gasteiger charge is 2.35. The molecule has 236 valence electrons. The maximum absolute atomic E-state index is 13.9. The van der Waals surface area contributed by atoms with Gasteiger partial charge in [0.15, 0.2) is 5.13 Å². The number of alkyl halides is 3. The van der Waals surface area contributed by atoms with Crippen molar-refractivity contribution in [2.75, 3.05) is 36.5 Å². The smallest absolute Gasteiger partial charge is 0.419 e. The fraction of sp³-hybridized carbons (Fsp3) is 0.448. The highest BCUT2D eigenvalue weighted by Crippen LogP contribution is 2.40. The maximum atomic E-state index is 13.9. The topological polar surface area (TPSA) is 133 Å². The molecule has 0 bridgehead atoms. The first kappa shape index (κ1) is 32.6. The van der Waals surface area contributed by atoms with Crippen LogP contribution in [0.25, 0.3) is 11.3 Å². The predicted molar refractivity (Wildman–Crippen MR) is 155 cm³/mol. The molecule has 0 atom stereocenters. The van der Waals surface area contributed by atoms with E-state index in [2.05, 4.69) is 20.3 Å². The normalized spacial score (nSPS) is 13.8. The fourth-order valence-electron chi connectivity index (χ4n) is 4.50. The van der Waals surface area contributed by atoms with Crippen LogP contribution in [0.15, 0.2) is 30.6 Å². The van der Waals surface area contributed by atoms with Crippen molar-refractivity contribution in [1.82, 2.24) is 15.0 Å². The van der Waals surface area contributed by atoms with E-state index in [0.717, 1.165) is 17.4 Å². The number of ether oxygens (including phenoxy) is 3. The number of aromatic nitrogens is 3. The molecule has 1 aliphatic rings. The van der Waals surface area contributed by atoms with Gasteiger partial charge in [0.2, 0.25) is 0 Å². The summed E-state index contributed by atoms with van der Waals surface area (Å²) in [6.07, 6.45) is -0.165. The van der Waals surface area contributed by atoms with Crippen LogP contribution in [-0.4, -0.2) is 59.1 Å². The van der Waals surface area contributed by atoms with Gasteiger partial charge in [-0.25, -0.2) is 15.0 Å². The summed E-state index contributed by atoms with van der Waals surface area (Å²) in [4.78, 5) is 51.6. The predicted octanol–water partition coefficient (Wildman–Crippen LogP) is 5.50. The molecule has 2 aromatic heterocycles. The second-order valence-electron chi connectivity index (χ2n) is 9.86. The number of nitrogens with zero attached hydrogens (tertiary/aromatic N) is 4. The van der Waals surface area contributed by atoms with Gasteiger partial charge < -0.3 is 19.1 Å². The average Bonchev–Trinajstić information content (AvgIpc) is 3.41. The summed E-state index contributed by atoms with van der Waals surface area (Å²) in [5, 5.41) is 2.67. The van der Waals surface area contributed by atoms with Crippen molar-refractivity contribution in [3.05, 3.63) is 46.7 Å². The first-order valence-electron chi connectivity index (χ1n) is 14.0. The third-order valence-electron chi connectivity index (χ3n) is 6.65. The van der Waals surface area contributed by atoms with Gasteiger partial charge in [-0.15, -0.1) is 0 Å². The molecule has 4 rings (SSSR count). The quantitative estimate of drug-likeness (QED) is 0.269. The van der Waals surface area contributed by atoms with Crippen LogP contribution in [0.2, 0.25) is 0 Å². The molecular weight excluding hydrogens is 603 g/mol. The first-order valence-corrected chi connectivity index (χ1v) is 14.8. The van der Waals surface area contributed by atoms with Gasteiger partial charge in [0.1, 0.15) is 23.9 Å². The first-order chi connectivity index (χ1) is 21.0. The van der Waals surface area contributed by atoms with Crippen molar-refractivity contribution in [1.29, 1.82) is 0 Å². The molecule has 44 heavy (non-hydrogen) atoms. The molecule has 0 unspecified atom stereocenters. The zero-order valence-electron chi connectivity index (χ0n) is 24.4. The number of carbonyl (C=O) groups excluding carboxylic acids is 3. The summed E-state index contributed by atoms with van der Waals surface area (Å²) in [6, 6.07) is 3.57. The summed E-state index contributed by atoms with van der Waals surface area (Å²) in [7, 11) is 0. The minimum atomic E-state index is -4.69. The molecule has 3 heterocycles. The highest BCUT2D eigenvalue weighted by atomic mass is 32.1. The van der Waals surface area contributed by atoms with Crippen LogP contribution in [0.1, 0.15) is 61.0 Å². The minimum absolute atomic E-state index is 0.00905. The van der Waals surface area contributed by atoms with Crippen LogP contribution in [0.3, 0.4) is 0 Å². The molecule has 0 radical (unpaired) electrons. The molecule has 1 fully saturated rings. The lowest BCUT2D eigenvalue weighted by molar-refractivity contribution is -0.148. The molecule has 0 aliphatic carbocycles. The Balaban J connectivity index is 1.51. The Hall–Kier alpha value is -4.27. The van der Waals surface area contributed by atoms with Crippen LogP contribution in [0.5, 0.6) is 5.75 Å². The number of anilines is 2. The van der Waals surface area contributed by atoms with E-state index in [9.17, 15) is 27.6 Å². The molecule has 3 aromatic rings. The molecule has 1 aromatic carbocycles.